The van der Waals surface area contributed by atoms with Crippen LogP contribution >= 0.6 is 0 Å². The van der Waals surface area contributed by atoms with E-state index in [-0.39, 0.29) is 0 Å². The van der Waals surface area contributed by atoms with Crippen LogP contribution in [0.2, 0.25) is 0 Å². The highest BCUT2D eigenvalue weighted by Gasteiger charge is 2.23. The summed E-state index contributed by atoms with van der Waals surface area (Å²) in [5.41, 5.74) is 3.56. The molecule has 1 aliphatic heterocycles. The van der Waals surface area contributed by atoms with E-state index in [0.717, 1.165) is 24.4 Å². The molecule has 2 heterocycles. The van der Waals surface area contributed by atoms with E-state index in [1.807, 2.05) is 18.5 Å². The summed E-state index contributed by atoms with van der Waals surface area (Å²) in [6.45, 7) is 2.14. The van der Waals surface area contributed by atoms with Gasteiger partial charge in [0.25, 0.3) is 0 Å². The third-order valence-corrected chi connectivity index (χ3v) is 4.55. The number of rotatable bonds is 4. The molecule has 1 saturated heterocycles. The van der Waals surface area contributed by atoms with Crippen molar-refractivity contribution >= 4 is 5.69 Å². The molecule has 0 bridgehead atoms. The molecule has 1 fully saturated rings. The number of aromatic nitrogens is 2. The number of H-pyrrole nitrogens is 1. The highest BCUT2D eigenvalue weighted by atomic mass is 16.5. The molecule has 0 spiro atoms. The SMILES string of the molecule is COc1ccc(-c2cn[nH]c2)c(N2CCC(N(C)C)CC2)c1. The van der Waals surface area contributed by atoms with Crippen molar-refractivity contribution in [2.75, 3.05) is 39.2 Å². The Hall–Kier alpha value is -2.01. The van der Waals surface area contributed by atoms with Crippen molar-refractivity contribution in [2.24, 2.45) is 0 Å². The lowest BCUT2D eigenvalue weighted by atomic mass is 10.0. The van der Waals surface area contributed by atoms with Gasteiger partial charge in [-0.1, -0.05) is 0 Å². The van der Waals surface area contributed by atoms with Gasteiger partial charge in [0.2, 0.25) is 0 Å². The molecule has 5 nitrogen and oxygen atoms in total. The summed E-state index contributed by atoms with van der Waals surface area (Å²) in [6, 6.07) is 6.95. The molecule has 0 amide bonds. The first kappa shape index (κ1) is 14.9. The van der Waals surface area contributed by atoms with Crippen molar-refractivity contribution in [2.45, 2.75) is 18.9 Å². The van der Waals surface area contributed by atoms with E-state index < -0.39 is 0 Å². The van der Waals surface area contributed by atoms with Crippen molar-refractivity contribution < 1.29 is 4.74 Å². The minimum absolute atomic E-state index is 0.680. The second-order valence-electron chi connectivity index (χ2n) is 6.05. The lowest BCUT2D eigenvalue weighted by molar-refractivity contribution is 0.249. The molecule has 5 heteroatoms. The maximum Gasteiger partial charge on any atom is 0.120 e. The van der Waals surface area contributed by atoms with Crippen LogP contribution in [0.1, 0.15) is 12.8 Å². The largest absolute Gasteiger partial charge is 0.497 e. The van der Waals surface area contributed by atoms with E-state index in [0.29, 0.717) is 6.04 Å². The molecule has 1 N–H and O–H groups in total. The molecular formula is C17H24N4O. The van der Waals surface area contributed by atoms with Crippen LogP contribution in [0.4, 0.5) is 5.69 Å². The lowest BCUT2D eigenvalue weighted by Crippen LogP contribution is -2.42. The molecule has 2 aromatic rings. The van der Waals surface area contributed by atoms with Crippen molar-refractivity contribution in [3.05, 3.63) is 30.6 Å². The van der Waals surface area contributed by atoms with Gasteiger partial charge >= 0.3 is 0 Å². The van der Waals surface area contributed by atoms with Gasteiger partial charge in [0.1, 0.15) is 5.75 Å². The van der Waals surface area contributed by atoms with Crippen LogP contribution in [0.25, 0.3) is 11.1 Å². The summed E-state index contributed by atoms with van der Waals surface area (Å²) in [5, 5.41) is 6.98. The van der Waals surface area contributed by atoms with Gasteiger partial charge in [0.05, 0.1) is 13.3 Å². The molecule has 0 radical (unpaired) electrons. The number of aromatic amines is 1. The highest BCUT2D eigenvalue weighted by molar-refractivity contribution is 5.79. The van der Waals surface area contributed by atoms with E-state index in [1.54, 1.807) is 7.11 Å². The minimum Gasteiger partial charge on any atom is -0.497 e. The third-order valence-electron chi connectivity index (χ3n) is 4.55. The second-order valence-corrected chi connectivity index (χ2v) is 6.05. The van der Waals surface area contributed by atoms with E-state index in [9.17, 15) is 0 Å². The summed E-state index contributed by atoms with van der Waals surface area (Å²) < 4.78 is 5.42. The van der Waals surface area contributed by atoms with Crippen molar-refractivity contribution in [3.63, 3.8) is 0 Å². The Morgan fingerprint density at radius 3 is 2.64 bits per heavy atom. The Balaban J connectivity index is 1.89. The number of hydrogen-bond acceptors (Lipinski definition) is 4. The molecule has 118 valence electrons. The first-order valence-electron chi connectivity index (χ1n) is 7.77. The van der Waals surface area contributed by atoms with Crippen LogP contribution < -0.4 is 9.64 Å². The van der Waals surface area contributed by atoms with Crippen LogP contribution in [-0.4, -0.2) is 55.4 Å². The molecule has 0 aliphatic carbocycles. The van der Waals surface area contributed by atoms with E-state index in [2.05, 4.69) is 46.2 Å². The average molecular weight is 300 g/mol. The Bertz CT molecular complexity index is 601. The number of piperidine rings is 1. The summed E-state index contributed by atoms with van der Waals surface area (Å²) in [5.74, 6) is 0.900. The van der Waals surface area contributed by atoms with Gasteiger partial charge in [0.15, 0.2) is 0 Å². The molecule has 22 heavy (non-hydrogen) atoms. The number of anilines is 1. The van der Waals surface area contributed by atoms with E-state index >= 15 is 0 Å². The van der Waals surface area contributed by atoms with E-state index in [1.165, 1.54) is 24.1 Å². The molecule has 1 aromatic heterocycles. The molecule has 1 aliphatic rings. The first-order chi connectivity index (χ1) is 10.7. The van der Waals surface area contributed by atoms with Crippen molar-refractivity contribution in [1.82, 2.24) is 15.1 Å². The van der Waals surface area contributed by atoms with E-state index in [4.69, 9.17) is 4.74 Å². The number of ether oxygens (including phenoxy) is 1. The Kier molecular flexibility index (Phi) is 4.34. The molecule has 0 unspecified atom stereocenters. The third kappa shape index (κ3) is 2.95. The second kappa shape index (κ2) is 6.40. The van der Waals surface area contributed by atoms with Crippen LogP contribution in [0.5, 0.6) is 5.75 Å². The number of hydrogen-bond donors (Lipinski definition) is 1. The fraction of sp³-hybridized carbons (Fsp3) is 0.471. The molecule has 0 atom stereocenters. The summed E-state index contributed by atoms with van der Waals surface area (Å²) in [4.78, 5) is 4.80. The zero-order valence-corrected chi connectivity index (χ0v) is 13.5. The summed E-state index contributed by atoms with van der Waals surface area (Å²) in [6.07, 6.45) is 6.19. The van der Waals surface area contributed by atoms with Crippen LogP contribution in [0.15, 0.2) is 30.6 Å². The van der Waals surface area contributed by atoms with Gasteiger partial charge in [0, 0.05) is 48.2 Å². The Labute approximate surface area is 131 Å². The molecule has 0 saturated carbocycles. The minimum atomic E-state index is 0.680. The van der Waals surface area contributed by atoms with Gasteiger partial charge in [-0.25, -0.2) is 0 Å². The highest BCUT2D eigenvalue weighted by Crippen LogP contribution is 2.35. The fourth-order valence-corrected chi connectivity index (χ4v) is 3.17. The van der Waals surface area contributed by atoms with Gasteiger partial charge in [-0.2, -0.15) is 5.10 Å². The molecule has 1 aromatic carbocycles. The zero-order chi connectivity index (χ0) is 15.5. The quantitative estimate of drug-likeness (QED) is 0.943. The zero-order valence-electron chi connectivity index (χ0n) is 13.5. The standard InChI is InChI=1S/C17H24N4O/c1-20(2)14-6-8-21(9-7-14)17-10-15(22-3)4-5-16(17)13-11-18-19-12-13/h4-5,10-12,14H,6-9H2,1-3H3,(H,18,19). The van der Waals surface area contributed by atoms with Gasteiger partial charge in [-0.3, -0.25) is 5.10 Å². The topological polar surface area (TPSA) is 44.4 Å². The normalized spacial score (nSPS) is 16.3. The average Bonchev–Trinajstić information content (AvgIpc) is 3.08. The van der Waals surface area contributed by atoms with Crippen molar-refractivity contribution in [1.29, 1.82) is 0 Å². The molecular weight excluding hydrogens is 276 g/mol. The number of benzene rings is 1. The van der Waals surface area contributed by atoms with Crippen molar-refractivity contribution in [3.8, 4) is 16.9 Å². The fourth-order valence-electron chi connectivity index (χ4n) is 3.17. The predicted octanol–water partition coefficient (Wildman–Crippen LogP) is 2.62. The maximum absolute atomic E-state index is 5.42. The smallest absolute Gasteiger partial charge is 0.120 e. The van der Waals surface area contributed by atoms with Gasteiger partial charge in [-0.05, 0) is 39.1 Å². The monoisotopic (exact) mass is 300 g/mol. The number of nitrogens with zero attached hydrogens (tertiary/aromatic N) is 3. The Morgan fingerprint density at radius 1 is 1.27 bits per heavy atom. The Morgan fingerprint density at radius 2 is 2.05 bits per heavy atom. The van der Waals surface area contributed by atoms with Crippen LogP contribution in [-0.2, 0) is 0 Å². The summed E-state index contributed by atoms with van der Waals surface area (Å²) >= 11 is 0. The number of nitrogens with one attached hydrogen (secondary N) is 1. The van der Waals surface area contributed by atoms with Gasteiger partial charge in [-0.15, -0.1) is 0 Å². The number of methoxy groups -OCH3 is 1. The van der Waals surface area contributed by atoms with Crippen LogP contribution in [0.3, 0.4) is 0 Å². The van der Waals surface area contributed by atoms with Crippen LogP contribution in [0, 0.1) is 0 Å². The van der Waals surface area contributed by atoms with Gasteiger partial charge < -0.3 is 14.5 Å². The summed E-state index contributed by atoms with van der Waals surface area (Å²) in [7, 11) is 6.06. The molecule has 3 rings (SSSR count). The first-order valence-corrected chi connectivity index (χ1v) is 7.77. The predicted molar refractivity (Wildman–Crippen MR) is 89.5 cm³/mol. The maximum atomic E-state index is 5.42. The lowest BCUT2D eigenvalue weighted by Gasteiger charge is -2.37.